The number of methoxy groups -OCH3 is 1. The number of carbonyl (C=O) groups excluding carboxylic acids is 1. The lowest BCUT2D eigenvalue weighted by Crippen LogP contribution is -2.40. The third-order valence-electron chi connectivity index (χ3n) is 6.79. The Bertz CT molecular complexity index is 1240. The Morgan fingerprint density at radius 3 is 2.52 bits per heavy atom. The monoisotopic (exact) mass is 434 g/mol. The van der Waals surface area contributed by atoms with Crippen molar-refractivity contribution in [2.75, 3.05) is 14.2 Å². The van der Waals surface area contributed by atoms with E-state index in [0.717, 1.165) is 33.0 Å². The Kier molecular flexibility index (Phi) is 4.77. The maximum Gasteiger partial charge on any atom is 0.315 e. The Morgan fingerprint density at radius 1 is 1.10 bits per heavy atom. The first kappa shape index (κ1) is 20.1. The summed E-state index contributed by atoms with van der Waals surface area (Å²) in [6.45, 7) is 2.01. The van der Waals surface area contributed by atoms with Crippen molar-refractivity contribution in [3.8, 4) is 0 Å². The molecule has 2 aliphatic rings. The van der Waals surface area contributed by atoms with Crippen LogP contribution in [0.25, 0.3) is 10.9 Å². The van der Waals surface area contributed by atoms with E-state index in [1.807, 2.05) is 63.6 Å². The highest BCUT2D eigenvalue weighted by Crippen LogP contribution is 2.53. The Hall–Kier alpha value is -2.86. The van der Waals surface area contributed by atoms with Crippen LogP contribution in [0.15, 0.2) is 64.5 Å². The molecule has 5 rings (SSSR count). The Balaban J connectivity index is 1.70. The van der Waals surface area contributed by atoms with E-state index in [4.69, 9.17) is 4.74 Å². The summed E-state index contributed by atoms with van der Waals surface area (Å²) >= 11 is 0. The summed E-state index contributed by atoms with van der Waals surface area (Å²) < 4.78 is 21.0. The molecule has 1 unspecified atom stereocenters. The standard InChI is InChI=1S/C25H26N2O3S/c1-15-9-11-16(12-10-15)31(29)21-14-26(2)20-13-18(21)23(25(28)30-4)24-22(20)17-7-5-6-8-19(17)27(24)3/h5-12,14,18,20,23H,13H2,1-4H3/t18-,20-,23-,31?/m0/s1. The molecule has 31 heavy (non-hydrogen) atoms. The lowest BCUT2D eigenvalue weighted by atomic mass is 9.73. The van der Waals surface area contributed by atoms with Gasteiger partial charge in [0.2, 0.25) is 0 Å². The molecule has 0 fully saturated rings. The van der Waals surface area contributed by atoms with E-state index in [1.165, 1.54) is 18.1 Å². The number of nitrogens with zero attached hydrogens (tertiary/aromatic N) is 2. The molecule has 3 aromatic rings. The van der Waals surface area contributed by atoms with Crippen LogP contribution in [0.1, 0.15) is 35.2 Å². The van der Waals surface area contributed by atoms with Gasteiger partial charge in [-0.25, -0.2) is 4.21 Å². The number of carbonyl (C=O) groups is 1. The molecule has 0 radical (unpaired) electrons. The van der Waals surface area contributed by atoms with E-state index in [-0.39, 0.29) is 17.9 Å². The van der Waals surface area contributed by atoms with Crippen molar-refractivity contribution in [3.63, 3.8) is 0 Å². The number of hydrogen-bond donors (Lipinski definition) is 0. The van der Waals surface area contributed by atoms with Crippen molar-refractivity contribution in [1.82, 2.24) is 9.47 Å². The molecule has 2 bridgehead atoms. The molecule has 1 aromatic heterocycles. The van der Waals surface area contributed by atoms with Gasteiger partial charge in [-0.1, -0.05) is 35.9 Å². The summed E-state index contributed by atoms with van der Waals surface area (Å²) in [5.74, 6) is -0.929. The molecule has 2 aromatic carbocycles. The van der Waals surface area contributed by atoms with Gasteiger partial charge >= 0.3 is 5.97 Å². The second kappa shape index (κ2) is 7.38. The molecule has 0 saturated carbocycles. The largest absolute Gasteiger partial charge is 0.468 e. The van der Waals surface area contributed by atoms with Crippen LogP contribution in [0.3, 0.4) is 0 Å². The fraction of sp³-hybridized carbons (Fsp3) is 0.320. The molecule has 4 atom stereocenters. The van der Waals surface area contributed by atoms with Gasteiger partial charge < -0.3 is 14.2 Å². The third-order valence-corrected chi connectivity index (χ3v) is 8.33. The summed E-state index contributed by atoms with van der Waals surface area (Å²) in [5.41, 5.74) is 4.39. The number of rotatable bonds is 3. The minimum atomic E-state index is -1.35. The van der Waals surface area contributed by atoms with Gasteiger partial charge in [-0.15, -0.1) is 0 Å². The molecule has 0 amide bonds. The number of aryl methyl sites for hydroxylation is 2. The van der Waals surface area contributed by atoms with Gasteiger partial charge in [0.1, 0.15) is 5.92 Å². The van der Waals surface area contributed by atoms with Crippen LogP contribution in [0.5, 0.6) is 0 Å². The van der Waals surface area contributed by atoms with E-state index in [1.54, 1.807) is 0 Å². The Labute approximate surface area is 184 Å². The smallest absolute Gasteiger partial charge is 0.315 e. The number of allylic oxidation sites excluding steroid dienone is 1. The molecule has 0 N–H and O–H groups in total. The van der Waals surface area contributed by atoms with Crippen LogP contribution in [0.2, 0.25) is 0 Å². The van der Waals surface area contributed by atoms with Gasteiger partial charge in [0.15, 0.2) is 0 Å². The molecule has 2 heterocycles. The van der Waals surface area contributed by atoms with Gasteiger partial charge in [0, 0.05) is 58.2 Å². The predicted octanol–water partition coefficient (Wildman–Crippen LogP) is 4.40. The summed E-state index contributed by atoms with van der Waals surface area (Å²) in [6.07, 6.45) is 2.73. The zero-order valence-corrected chi connectivity index (χ0v) is 19.0. The summed E-state index contributed by atoms with van der Waals surface area (Å²) in [6, 6.07) is 16.2. The van der Waals surface area contributed by atoms with E-state index < -0.39 is 16.7 Å². The van der Waals surface area contributed by atoms with Crippen molar-refractivity contribution in [3.05, 3.63) is 76.5 Å². The molecule has 6 heteroatoms. The SMILES string of the molecule is COC(=O)[C@@H]1c2c(c3ccccc3n2C)[C@@H]2C[C@H]1C(S(=O)c1ccc(C)cc1)=CN2C. The molecule has 160 valence electrons. The first-order chi connectivity index (χ1) is 14.9. The van der Waals surface area contributed by atoms with E-state index in [2.05, 4.69) is 21.6 Å². The van der Waals surface area contributed by atoms with Crippen molar-refractivity contribution < 1.29 is 13.7 Å². The first-order valence-corrected chi connectivity index (χ1v) is 11.6. The van der Waals surface area contributed by atoms with Gasteiger partial charge in [-0.2, -0.15) is 0 Å². The molecular formula is C25H26N2O3S. The summed E-state index contributed by atoms with van der Waals surface area (Å²) in [7, 11) is 4.14. The number of esters is 1. The van der Waals surface area contributed by atoms with E-state index in [9.17, 15) is 9.00 Å². The van der Waals surface area contributed by atoms with Crippen molar-refractivity contribution in [2.24, 2.45) is 13.0 Å². The average molecular weight is 435 g/mol. The van der Waals surface area contributed by atoms with Crippen molar-refractivity contribution in [2.45, 2.75) is 30.2 Å². The van der Waals surface area contributed by atoms with Crippen LogP contribution in [0.4, 0.5) is 0 Å². The van der Waals surface area contributed by atoms with Crippen LogP contribution in [-0.4, -0.2) is 33.8 Å². The lowest BCUT2D eigenvalue weighted by Gasteiger charge is -2.44. The quantitative estimate of drug-likeness (QED) is 0.574. The molecule has 0 spiro atoms. The number of fused-ring (bicyclic) bond motifs is 6. The highest BCUT2D eigenvalue weighted by atomic mass is 32.2. The minimum absolute atomic E-state index is 0.130. The zero-order valence-electron chi connectivity index (χ0n) is 18.2. The minimum Gasteiger partial charge on any atom is -0.468 e. The molecule has 1 aliphatic carbocycles. The third kappa shape index (κ3) is 2.96. The van der Waals surface area contributed by atoms with Gasteiger partial charge in [-0.05, 0) is 31.5 Å². The van der Waals surface area contributed by atoms with Crippen LogP contribution >= 0.6 is 0 Å². The number of para-hydroxylation sites is 1. The molecule has 1 aliphatic heterocycles. The average Bonchev–Trinajstić information content (AvgIpc) is 3.08. The molecule has 0 saturated heterocycles. The maximum atomic E-state index is 13.6. The molecular weight excluding hydrogens is 408 g/mol. The number of aromatic nitrogens is 1. The van der Waals surface area contributed by atoms with E-state index >= 15 is 0 Å². The highest BCUT2D eigenvalue weighted by molar-refractivity contribution is 7.89. The highest BCUT2D eigenvalue weighted by Gasteiger charge is 2.48. The number of benzene rings is 2. The molecule has 5 nitrogen and oxygen atoms in total. The van der Waals surface area contributed by atoms with Gasteiger partial charge in [-0.3, -0.25) is 4.79 Å². The first-order valence-electron chi connectivity index (χ1n) is 10.5. The van der Waals surface area contributed by atoms with Crippen LogP contribution in [-0.2, 0) is 27.4 Å². The number of ether oxygens (including phenoxy) is 1. The zero-order chi connectivity index (χ0) is 21.9. The summed E-state index contributed by atoms with van der Waals surface area (Å²) in [4.78, 5) is 16.8. The van der Waals surface area contributed by atoms with Gasteiger partial charge in [0.25, 0.3) is 0 Å². The van der Waals surface area contributed by atoms with Crippen molar-refractivity contribution >= 4 is 27.7 Å². The van der Waals surface area contributed by atoms with Crippen LogP contribution < -0.4 is 0 Å². The normalized spacial score (nSPS) is 23.3. The second-order valence-corrected chi connectivity index (χ2v) is 9.99. The second-order valence-electron chi connectivity index (χ2n) is 8.51. The fourth-order valence-electron chi connectivity index (χ4n) is 5.28. The van der Waals surface area contributed by atoms with Gasteiger partial charge in [0.05, 0.1) is 24.0 Å². The Morgan fingerprint density at radius 2 is 1.81 bits per heavy atom. The lowest BCUT2D eigenvalue weighted by molar-refractivity contribution is -0.144. The topological polar surface area (TPSA) is 51.5 Å². The fourth-order valence-corrected chi connectivity index (χ4v) is 6.70. The van der Waals surface area contributed by atoms with Crippen LogP contribution in [0, 0.1) is 12.8 Å². The van der Waals surface area contributed by atoms with E-state index in [0.29, 0.717) is 0 Å². The number of hydrogen-bond acceptors (Lipinski definition) is 4. The summed E-state index contributed by atoms with van der Waals surface area (Å²) in [5, 5.41) is 1.17. The predicted molar refractivity (Wildman–Crippen MR) is 122 cm³/mol. The van der Waals surface area contributed by atoms with Crippen molar-refractivity contribution in [1.29, 1.82) is 0 Å². The maximum absolute atomic E-state index is 13.6.